The lowest BCUT2D eigenvalue weighted by molar-refractivity contribution is 1.07. The Labute approximate surface area is 83.9 Å². The number of nitrogens with one attached hydrogen (secondary N) is 1. The number of nitrogens with zero attached hydrogens (tertiary/aromatic N) is 4. The van der Waals surface area contributed by atoms with Crippen molar-refractivity contribution in [1.82, 2.24) is 19.6 Å². The smallest absolute Gasteiger partial charge is 0.238 e. The van der Waals surface area contributed by atoms with Gasteiger partial charge < -0.3 is 5.73 Å². The second-order valence-electron chi connectivity index (χ2n) is 3.18. The average molecular weight is 198 g/mol. The van der Waals surface area contributed by atoms with Crippen LogP contribution >= 0.6 is 0 Å². The molecule has 15 heavy (non-hydrogen) atoms. The van der Waals surface area contributed by atoms with Crippen LogP contribution in [0.5, 0.6) is 0 Å². The van der Waals surface area contributed by atoms with Crippen molar-refractivity contribution in [2.24, 2.45) is 0 Å². The van der Waals surface area contributed by atoms with E-state index in [2.05, 4.69) is 15.2 Å². The van der Waals surface area contributed by atoms with E-state index in [9.17, 15) is 0 Å². The van der Waals surface area contributed by atoms with E-state index in [4.69, 9.17) is 11.0 Å². The van der Waals surface area contributed by atoms with Gasteiger partial charge in [0.05, 0.1) is 11.0 Å². The first-order chi connectivity index (χ1) is 7.29. The monoisotopic (exact) mass is 198 g/mol. The van der Waals surface area contributed by atoms with Crippen molar-refractivity contribution in [2.75, 3.05) is 5.73 Å². The minimum Gasteiger partial charge on any atom is -0.399 e. The predicted octanol–water partition coefficient (Wildman–Crippen LogP) is 0.664. The zero-order valence-corrected chi connectivity index (χ0v) is 7.60. The maximum Gasteiger partial charge on any atom is 0.238 e. The highest BCUT2D eigenvalue weighted by atomic mass is 15.3. The Morgan fingerprint density at radius 2 is 2.33 bits per heavy atom. The van der Waals surface area contributed by atoms with Gasteiger partial charge in [0, 0.05) is 5.69 Å². The Hall–Kier alpha value is -2.55. The summed E-state index contributed by atoms with van der Waals surface area (Å²) in [4.78, 5) is 4.26. The molecule has 0 unspecified atom stereocenters. The van der Waals surface area contributed by atoms with Gasteiger partial charge in [0.15, 0.2) is 0 Å². The summed E-state index contributed by atoms with van der Waals surface area (Å²) in [5, 5.41) is 15.4. The van der Waals surface area contributed by atoms with Gasteiger partial charge in [-0.3, -0.25) is 4.40 Å². The van der Waals surface area contributed by atoms with E-state index in [1.54, 1.807) is 16.5 Å². The lowest BCUT2D eigenvalue weighted by Gasteiger charge is -1.93. The molecule has 0 fully saturated rings. The van der Waals surface area contributed by atoms with Crippen LogP contribution in [0.1, 0.15) is 5.82 Å². The van der Waals surface area contributed by atoms with Crippen LogP contribution in [-0.2, 0) is 0 Å². The number of nitriles is 1. The fourth-order valence-electron chi connectivity index (χ4n) is 1.61. The van der Waals surface area contributed by atoms with E-state index in [-0.39, 0.29) is 5.82 Å². The number of nitrogens with two attached hydrogens (primary N) is 1. The van der Waals surface area contributed by atoms with E-state index in [0.29, 0.717) is 11.5 Å². The van der Waals surface area contributed by atoms with Gasteiger partial charge in [-0.25, -0.2) is 10.1 Å². The van der Waals surface area contributed by atoms with Gasteiger partial charge >= 0.3 is 0 Å². The Kier molecular flexibility index (Phi) is 1.29. The SMILES string of the molecule is N#Cc1n[nH]c2nc3ccc(N)cc3n12. The largest absolute Gasteiger partial charge is 0.399 e. The molecule has 0 spiro atoms. The van der Waals surface area contributed by atoms with Gasteiger partial charge in [-0.15, -0.1) is 5.10 Å². The van der Waals surface area contributed by atoms with Crippen LogP contribution in [0, 0.1) is 11.3 Å². The highest BCUT2D eigenvalue weighted by Crippen LogP contribution is 2.19. The molecule has 0 aliphatic heterocycles. The highest BCUT2D eigenvalue weighted by Gasteiger charge is 2.10. The number of hydrogen-bond acceptors (Lipinski definition) is 4. The minimum atomic E-state index is 0.276. The number of aromatic amines is 1. The number of anilines is 1. The fourth-order valence-corrected chi connectivity index (χ4v) is 1.61. The third-order valence-electron chi connectivity index (χ3n) is 2.25. The van der Waals surface area contributed by atoms with Gasteiger partial charge in [-0.05, 0) is 18.2 Å². The van der Waals surface area contributed by atoms with Crippen molar-refractivity contribution >= 4 is 22.5 Å². The molecular formula is C9H6N6. The number of aromatic nitrogens is 4. The summed E-state index contributed by atoms with van der Waals surface area (Å²) < 4.78 is 1.64. The molecule has 0 saturated carbocycles. The van der Waals surface area contributed by atoms with Crippen molar-refractivity contribution in [3.8, 4) is 6.07 Å². The number of hydrogen-bond donors (Lipinski definition) is 2. The second kappa shape index (κ2) is 2.48. The van der Waals surface area contributed by atoms with E-state index in [0.717, 1.165) is 11.0 Å². The molecule has 3 N–H and O–H groups in total. The number of fused-ring (bicyclic) bond motifs is 3. The predicted molar refractivity (Wildman–Crippen MR) is 54.0 cm³/mol. The molecule has 6 nitrogen and oxygen atoms in total. The van der Waals surface area contributed by atoms with E-state index in [1.165, 1.54) is 0 Å². The minimum absolute atomic E-state index is 0.276. The van der Waals surface area contributed by atoms with Crippen LogP contribution in [0.25, 0.3) is 16.8 Å². The molecule has 3 aromatic rings. The summed E-state index contributed by atoms with van der Waals surface area (Å²) in [7, 11) is 0. The van der Waals surface area contributed by atoms with Gasteiger partial charge in [0.25, 0.3) is 0 Å². The molecule has 0 saturated heterocycles. The molecule has 0 bridgehead atoms. The maximum atomic E-state index is 8.86. The van der Waals surface area contributed by atoms with Gasteiger partial charge in [-0.2, -0.15) is 5.26 Å². The number of H-pyrrole nitrogens is 1. The van der Waals surface area contributed by atoms with Crippen LogP contribution in [0.15, 0.2) is 18.2 Å². The van der Waals surface area contributed by atoms with E-state index in [1.807, 2.05) is 12.1 Å². The van der Waals surface area contributed by atoms with Crippen LogP contribution in [0.3, 0.4) is 0 Å². The lowest BCUT2D eigenvalue weighted by atomic mass is 10.3. The number of imidazole rings is 1. The van der Waals surface area contributed by atoms with Crippen LogP contribution in [-0.4, -0.2) is 19.6 Å². The van der Waals surface area contributed by atoms with Crippen molar-refractivity contribution < 1.29 is 0 Å². The molecule has 2 aromatic heterocycles. The Morgan fingerprint density at radius 3 is 3.13 bits per heavy atom. The van der Waals surface area contributed by atoms with Crippen molar-refractivity contribution in [2.45, 2.75) is 0 Å². The van der Waals surface area contributed by atoms with Gasteiger partial charge in [-0.1, -0.05) is 0 Å². The Morgan fingerprint density at radius 1 is 1.47 bits per heavy atom. The molecule has 0 atom stereocenters. The fraction of sp³-hybridized carbons (Fsp3) is 0. The third-order valence-corrected chi connectivity index (χ3v) is 2.25. The third kappa shape index (κ3) is 0.914. The molecule has 0 aliphatic carbocycles. The lowest BCUT2D eigenvalue weighted by Crippen LogP contribution is -1.88. The first-order valence-electron chi connectivity index (χ1n) is 4.32. The molecule has 0 amide bonds. The van der Waals surface area contributed by atoms with Gasteiger partial charge in [0.2, 0.25) is 11.6 Å². The normalized spacial score (nSPS) is 10.9. The van der Waals surface area contributed by atoms with Crippen LogP contribution in [0.4, 0.5) is 5.69 Å². The highest BCUT2D eigenvalue weighted by molar-refractivity contribution is 5.82. The van der Waals surface area contributed by atoms with Gasteiger partial charge in [0.1, 0.15) is 6.07 Å². The van der Waals surface area contributed by atoms with Crippen molar-refractivity contribution in [3.05, 3.63) is 24.0 Å². The molecular weight excluding hydrogens is 192 g/mol. The summed E-state index contributed by atoms with van der Waals surface area (Å²) in [6.45, 7) is 0. The molecule has 72 valence electrons. The zero-order valence-electron chi connectivity index (χ0n) is 7.60. The van der Waals surface area contributed by atoms with Crippen molar-refractivity contribution in [3.63, 3.8) is 0 Å². The van der Waals surface area contributed by atoms with Crippen LogP contribution in [0.2, 0.25) is 0 Å². The molecule has 1 aromatic carbocycles. The summed E-state index contributed by atoms with van der Waals surface area (Å²) in [5.41, 5.74) is 7.89. The summed E-state index contributed by atoms with van der Waals surface area (Å²) in [5.74, 6) is 0.824. The first-order valence-corrected chi connectivity index (χ1v) is 4.32. The van der Waals surface area contributed by atoms with Crippen molar-refractivity contribution in [1.29, 1.82) is 5.26 Å². The maximum absolute atomic E-state index is 8.86. The van der Waals surface area contributed by atoms with E-state index >= 15 is 0 Å². The standard InChI is InChI=1S/C9H6N6/c10-4-8-13-14-9-12-6-2-1-5(11)3-7(6)15(8)9/h1-3H,11H2,(H,12,14). The topological polar surface area (TPSA) is 95.8 Å². The second-order valence-corrected chi connectivity index (χ2v) is 3.18. The molecule has 0 aliphatic rings. The Balaban J connectivity index is 2.59. The molecule has 2 heterocycles. The molecule has 3 rings (SSSR count). The van der Waals surface area contributed by atoms with E-state index < -0.39 is 0 Å². The molecule has 6 heteroatoms. The van der Waals surface area contributed by atoms with Crippen LogP contribution < -0.4 is 5.73 Å². The quantitative estimate of drug-likeness (QED) is 0.519. The Bertz CT molecular complexity index is 698. The summed E-state index contributed by atoms with van der Waals surface area (Å²) in [6, 6.07) is 7.34. The molecule has 0 radical (unpaired) electrons. The average Bonchev–Trinajstić information content (AvgIpc) is 2.76. The number of nitrogen functional groups attached to an aromatic ring is 1. The summed E-state index contributed by atoms with van der Waals surface area (Å²) in [6.07, 6.45) is 0. The number of benzene rings is 1. The first kappa shape index (κ1) is 7.82. The summed E-state index contributed by atoms with van der Waals surface area (Å²) >= 11 is 0. The number of rotatable bonds is 0. The zero-order chi connectivity index (χ0) is 10.4.